The number of benzene rings is 2. The second-order valence-corrected chi connectivity index (χ2v) is 6.39. The molecule has 0 aliphatic heterocycles. The highest BCUT2D eigenvalue weighted by atomic mass is 19.1. The number of amides is 1. The van der Waals surface area contributed by atoms with Gasteiger partial charge < -0.3 is 9.88 Å². The van der Waals surface area contributed by atoms with Crippen LogP contribution >= 0.6 is 0 Å². The van der Waals surface area contributed by atoms with Crippen molar-refractivity contribution in [1.29, 1.82) is 0 Å². The monoisotopic (exact) mass is 359 g/mol. The van der Waals surface area contributed by atoms with Crippen molar-refractivity contribution in [1.82, 2.24) is 9.55 Å². The molecule has 1 N–H and O–H groups in total. The largest absolute Gasteiger partial charge is 0.343 e. The molecule has 0 saturated carbocycles. The number of carbonyl (C=O) groups excluding carboxylic acids is 1. The smallest absolute Gasteiger partial charge is 0.228 e. The molecule has 4 nitrogen and oxygen atoms in total. The third-order valence-corrected chi connectivity index (χ3v) is 4.43. The highest BCUT2D eigenvalue weighted by Crippen LogP contribution is 2.23. The highest BCUT2D eigenvalue weighted by molar-refractivity contribution is 5.95. The van der Waals surface area contributed by atoms with Gasteiger partial charge in [-0.1, -0.05) is 30.3 Å². The van der Waals surface area contributed by atoms with Crippen LogP contribution in [0.1, 0.15) is 11.1 Å². The lowest BCUT2D eigenvalue weighted by Gasteiger charge is -2.05. The molecule has 0 aliphatic rings. The molecule has 0 fully saturated rings. The number of rotatable bonds is 5. The van der Waals surface area contributed by atoms with Crippen LogP contribution in [0.3, 0.4) is 0 Å². The maximum absolute atomic E-state index is 13.1. The lowest BCUT2D eigenvalue weighted by molar-refractivity contribution is -0.115. The zero-order chi connectivity index (χ0) is 18.6. The molecule has 2 aromatic carbocycles. The Hall–Kier alpha value is -3.47. The summed E-state index contributed by atoms with van der Waals surface area (Å²) in [6, 6.07) is 18.1. The zero-order valence-corrected chi connectivity index (χ0v) is 14.6. The summed E-state index contributed by atoms with van der Waals surface area (Å²) in [6.07, 6.45) is 5.55. The topological polar surface area (TPSA) is 46.9 Å². The summed E-state index contributed by atoms with van der Waals surface area (Å²) in [5.41, 5.74) is 3.68. The maximum atomic E-state index is 13.1. The van der Waals surface area contributed by atoms with Crippen LogP contribution in [0.5, 0.6) is 0 Å². The van der Waals surface area contributed by atoms with Gasteiger partial charge in [-0.05, 0) is 41.5 Å². The Bertz CT molecular complexity index is 1070. The first-order chi connectivity index (χ1) is 13.2. The fourth-order valence-corrected chi connectivity index (χ4v) is 3.20. The van der Waals surface area contributed by atoms with Crippen LogP contribution in [0.15, 0.2) is 79.3 Å². The number of hydrogen-bond donors (Lipinski definition) is 1. The molecule has 0 aliphatic carbocycles. The number of fused-ring (bicyclic) bond motifs is 1. The van der Waals surface area contributed by atoms with Gasteiger partial charge in [-0.25, -0.2) is 4.39 Å². The van der Waals surface area contributed by atoms with Gasteiger partial charge in [0.05, 0.1) is 18.3 Å². The van der Waals surface area contributed by atoms with E-state index < -0.39 is 0 Å². The van der Waals surface area contributed by atoms with E-state index in [0.29, 0.717) is 12.2 Å². The Morgan fingerprint density at radius 2 is 1.85 bits per heavy atom. The average molecular weight is 359 g/mol. The Morgan fingerprint density at radius 1 is 1.04 bits per heavy atom. The van der Waals surface area contributed by atoms with Crippen LogP contribution in [0.2, 0.25) is 0 Å². The zero-order valence-electron chi connectivity index (χ0n) is 14.6. The third kappa shape index (κ3) is 3.87. The van der Waals surface area contributed by atoms with Crippen LogP contribution in [0, 0.1) is 5.82 Å². The van der Waals surface area contributed by atoms with Crippen LogP contribution in [0.25, 0.3) is 10.9 Å². The van der Waals surface area contributed by atoms with E-state index in [4.69, 9.17) is 0 Å². The molecular weight excluding hydrogens is 341 g/mol. The minimum absolute atomic E-state index is 0.0901. The van der Waals surface area contributed by atoms with E-state index in [2.05, 4.69) is 14.9 Å². The highest BCUT2D eigenvalue weighted by Gasteiger charge is 2.12. The van der Waals surface area contributed by atoms with E-state index >= 15 is 0 Å². The molecule has 5 heteroatoms. The van der Waals surface area contributed by atoms with Gasteiger partial charge in [0.2, 0.25) is 5.91 Å². The van der Waals surface area contributed by atoms with Crippen molar-refractivity contribution in [2.45, 2.75) is 13.0 Å². The van der Waals surface area contributed by atoms with E-state index in [1.165, 1.54) is 12.1 Å². The van der Waals surface area contributed by atoms with Gasteiger partial charge in [-0.2, -0.15) is 0 Å². The Labute approximate surface area is 156 Å². The molecule has 0 unspecified atom stereocenters. The van der Waals surface area contributed by atoms with Crippen LogP contribution < -0.4 is 5.32 Å². The molecular formula is C22H18FN3O. The van der Waals surface area contributed by atoms with Crippen molar-refractivity contribution in [2.24, 2.45) is 0 Å². The lowest BCUT2D eigenvalue weighted by Crippen LogP contribution is -2.14. The minimum atomic E-state index is -0.246. The van der Waals surface area contributed by atoms with Gasteiger partial charge in [-0.15, -0.1) is 0 Å². The number of aromatic nitrogens is 2. The van der Waals surface area contributed by atoms with Crippen molar-refractivity contribution in [3.05, 3.63) is 96.2 Å². The number of carbonyl (C=O) groups is 1. The summed E-state index contributed by atoms with van der Waals surface area (Å²) in [6.45, 7) is 0.616. The number of nitrogens with one attached hydrogen (secondary N) is 1. The van der Waals surface area contributed by atoms with Crippen molar-refractivity contribution in [3.8, 4) is 0 Å². The maximum Gasteiger partial charge on any atom is 0.228 e. The summed E-state index contributed by atoms with van der Waals surface area (Å²) >= 11 is 0. The van der Waals surface area contributed by atoms with Crippen LogP contribution in [-0.4, -0.2) is 15.5 Å². The second-order valence-electron chi connectivity index (χ2n) is 6.39. The molecule has 27 heavy (non-hydrogen) atoms. The number of halogens is 1. The molecule has 0 radical (unpaired) electrons. The van der Waals surface area contributed by atoms with Gasteiger partial charge in [0.1, 0.15) is 5.82 Å². The number of para-hydroxylation sites is 1. The minimum Gasteiger partial charge on any atom is -0.343 e. The summed E-state index contributed by atoms with van der Waals surface area (Å²) in [7, 11) is 0. The summed E-state index contributed by atoms with van der Waals surface area (Å²) in [4.78, 5) is 16.4. The number of pyridine rings is 1. The van der Waals surface area contributed by atoms with E-state index in [0.717, 1.165) is 22.0 Å². The Balaban J connectivity index is 1.59. The second kappa shape index (κ2) is 7.41. The Morgan fingerprint density at radius 3 is 2.63 bits per heavy atom. The van der Waals surface area contributed by atoms with Gasteiger partial charge in [0, 0.05) is 29.8 Å². The number of hydrogen-bond acceptors (Lipinski definition) is 2. The van der Waals surface area contributed by atoms with Crippen molar-refractivity contribution in [3.63, 3.8) is 0 Å². The molecule has 0 saturated heterocycles. The van der Waals surface area contributed by atoms with Gasteiger partial charge in [-0.3, -0.25) is 9.78 Å². The summed E-state index contributed by atoms with van der Waals surface area (Å²) in [5, 5.41) is 3.91. The summed E-state index contributed by atoms with van der Waals surface area (Å²) in [5.74, 6) is -0.337. The summed E-state index contributed by atoms with van der Waals surface area (Å²) < 4.78 is 15.2. The van der Waals surface area contributed by atoms with Crippen LogP contribution in [0.4, 0.5) is 10.1 Å². The molecule has 0 spiro atoms. The fourth-order valence-electron chi connectivity index (χ4n) is 3.20. The first-order valence-corrected chi connectivity index (χ1v) is 8.70. The van der Waals surface area contributed by atoms with E-state index in [1.807, 2.05) is 36.5 Å². The molecule has 4 aromatic rings. The van der Waals surface area contributed by atoms with Crippen molar-refractivity contribution in [2.75, 3.05) is 5.32 Å². The molecule has 2 heterocycles. The quantitative estimate of drug-likeness (QED) is 0.574. The molecule has 0 atom stereocenters. The van der Waals surface area contributed by atoms with E-state index in [9.17, 15) is 9.18 Å². The van der Waals surface area contributed by atoms with Crippen LogP contribution in [-0.2, 0) is 17.8 Å². The molecule has 4 rings (SSSR count). The average Bonchev–Trinajstić information content (AvgIpc) is 3.02. The number of nitrogens with zero attached hydrogens (tertiary/aromatic N) is 2. The lowest BCUT2D eigenvalue weighted by atomic mass is 10.1. The van der Waals surface area contributed by atoms with Gasteiger partial charge >= 0.3 is 0 Å². The third-order valence-electron chi connectivity index (χ3n) is 4.43. The standard InChI is InChI=1S/C22H18FN3O/c23-18-9-7-16(8-10-18)14-26-15-17(20-5-1-2-6-21(20)26)12-22(27)25-19-4-3-11-24-13-19/h1-11,13,15H,12,14H2,(H,25,27). The van der Waals surface area contributed by atoms with E-state index in [1.54, 1.807) is 30.6 Å². The molecule has 2 aromatic heterocycles. The fraction of sp³-hybridized carbons (Fsp3) is 0.0909. The molecule has 134 valence electrons. The predicted octanol–water partition coefficient (Wildman–Crippen LogP) is 4.40. The first-order valence-electron chi connectivity index (χ1n) is 8.70. The molecule has 0 bridgehead atoms. The van der Waals surface area contributed by atoms with Gasteiger partial charge in [0.25, 0.3) is 0 Å². The van der Waals surface area contributed by atoms with Crippen molar-refractivity contribution >= 4 is 22.5 Å². The number of anilines is 1. The normalized spacial score (nSPS) is 10.9. The van der Waals surface area contributed by atoms with Crippen molar-refractivity contribution < 1.29 is 9.18 Å². The van der Waals surface area contributed by atoms with E-state index in [-0.39, 0.29) is 18.1 Å². The first kappa shape index (κ1) is 17.0. The SMILES string of the molecule is O=C(Cc1cn(Cc2ccc(F)cc2)c2ccccc12)Nc1cccnc1. The predicted molar refractivity (Wildman–Crippen MR) is 104 cm³/mol. The molecule has 1 amide bonds. The van der Waals surface area contributed by atoms with Gasteiger partial charge in [0.15, 0.2) is 0 Å². The Kier molecular flexibility index (Phi) is 4.66.